The molecule has 0 aliphatic carbocycles. The van der Waals surface area contributed by atoms with Crippen molar-refractivity contribution >= 4 is 52.1 Å². The van der Waals surface area contributed by atoms with Gasteiger partial charge in [0.25, 0.3) is 5.91 Å². The molecule has 3 aliphatic rings. The van der Waals surface area contributed by atoms with Gasteiger partial charge in [-0.25, -0.2) is 0 Å². The number of amides is 1. The molecule has 1 atom stereocenters. The van der Waals surface area contributed by atoms with Crippen molar-refractivity contribution in [1.82, 2.24) is 9.80 Å². The van der Waals surface area contributed by atoms with Gasteiger partial charge in [0.15, 0.2) is 0 Å². The minimum atomic E-state index is -0.138. The zero-order valence-corrected chi connectivity index (χ0v) is 21.4. The van der Waals surface area contributed by atoms with Gasteiger partial charge in [0.1, 0.15) is 5.71 Å². The van der Waals surface area contributed by atoms with Crippen LogP contribution < -0.4 is 5.01 Å². The Morgan fingerprint density at radius 3 is 2.21 bits per heavy atom. The zero-order chi connectivity index (χ0) is 23.7. The second-order valence-corrected chi connectivity index (χ2v) is 10.7. The standard InChI is InChI=1S/C26H29Cl3N4O/c27-19-6-4-18(5-7-19)25-17-23(30-33(25)24-9-8-20(28)16-22(24)29)26(34)32-14-10-21(11-15-32)31-12-2-1-3-13-31/h4-9,16,21,25H,1-3,10-15,17H2. The van der Waals surface area contributed by atoms with Gasteiger partial charge < -0.3 is 9.80 Å². The highest BCUT2D eigenvalue weighted by atomic mass is 35.5. The molecule has 5 rings (SSSR count). The third kappa shape index (κ3) is 5.08. The summed E-state index contributed by atoms with van der Waals surface area (Å²) in [7, 11) is 0. The topological polar surface area (TPSA) is 39.2 Å². The lowest BCUT2D eigenvalue weighted by Crippen LogP contribution is -2.49. The average molecular weight is 520 g/mol. The molecule has 5 nitrogen and oxygen atoms in total. The fourth-order valence-electron chi connectivity index (χ4n) is 5.37. The van der Waals surface area contributed by atoms with E-state index in [9.17, 15) is 4.79 Å². The molecule has 8 heteroatoms. The first-order valence-corrected chi connectivity index (χ1v) is 13.2. The van der Waals surface area contributed by atoms with Crippen LogP contribution in [0.15, 0.2) is 47.6 Å². The van der Waals surface area contributed by atoms with E-state index in [0.717, 1.165) is 37.2 Å². The zero-order valence-electron chi connectivity index (χ0n) is 19.1. The first-order chi connectivity index (χ1) is 16.5. The maximum absolute atomic E-state index is 13.5. The lowest BCUT2D eigenvalue weighted by molar-refractivity contribution is -0.125. The lowest BCUT2D eigenvalue weighted by atomic mass is 9.98. The molecule has 3 heterocycles. The summed E-state index contributed by atoms with van der Waals surface area (Å²) in [6.07, 6.45) is 6.52. The van der Waals surface area contributed by atoms with Crippen LogP contribution in [0.4, 0.5) is 5.69 Å². The lowest BCUT2D eigenvalue weighted by Gasteiger charge is -2.40. The van der Waals surface area contributed by atoms with E-state index >= 15 is 0 Å². The summed E-state index contributed by atoms with van der Waals surface area (Å²) in [5, 5.41) is 8.40. The van der Waals surface area contributed by atoms with E-state index in [1.807, 2.05) is 40.2 Å². The van der Waals surface area contributed by atoms with Gasteiger partial charge in [-0.15, -0.1) is 0 Å². The van der Waals surface area contributed by atoms with E-state index in [1.165, 1.54) is 32.4 Å². The molecular formula is C26H29Cl3N4O. The number of anilines is 1. The van der Waals surface area contributed by atoms with Crippen molar-refractivity contribution in [3.05, 3.63) is 63.1 Å². The maximum atomic E-state index is 13.5. The smallest absolute Gasteiger partial charge is 0.270 e. The Balaban J connectivity index is 1.34. The minimum Gasteiger partial charge on any atom is -0.337 e. The first-order valence-electron chi connectivity index (χ1n) is 12.1. The van der Waals surface area contributed by atoms with Gasteiger partial charge in [-0.05, 0) is 74.7 Å². The Kier molecular flexibility index (Phi) is 7.35. The van der Waals surface area contributed by atoms with Gasteiger partial charge in [-0.2, -0.15) is 5.10 Å². The van der Waals surface area contributed by atoms with Gasteiger partial charge in [0, 0.05) is 35.6 Å². The van der Waals surface area contributed by atoms with Gasteiger partial charge in [0.2, 0.25) is 0 Å². The van der Waals surface area contributed by atoms with Crippen LogP contribution in [0, 0.1) is 0 Å². The van der Waals surface area contributed by atoms with Crippen molar-refractivity contribution in [3.63, 3.8) is 0 Å². The number of halogens is 3. The molecule has 2 aromatic carbocycles. The number of carbonyl (C=O) groups is 1. The van der Waals surface area contributed by atoms with E-state index in [1.54, 1.807) is 12.1 Å². The van der Waals surface area contributed by atoms with Gasteiger partial charge >= 0.3 is 0 Å². The number of hydrogen-bond acceptors (Lipinski definition) is 4. The molecule has 180 valence electrons. The summed E-state index contributed by atoms with van der Waals surface area (Å²) in [6.45, 7) is 3.97. The molecule has 0 saturated carbocycles. The molecule has 1 unspecified atom stereocenters. The average Bonchev–Trinajstić information content (AvgIpc) is 3.30. The molecule has 0 spiro atoms. The fourth-order valence-corrected chi connectivity index (χ4v) is 5.99. The monoisotopic (exact) mass is 518 g/mol. The second-order valence-electron chi connectivity index (χ2n) is 9.38. The summed E-state index contributed by atoms with van der Waals surface area (Å²) in [6, 6.07) is 13.5. The predicted octanol–water partition coefficient (Wildman–Crippen LogP) is 6.43. The largest absolute Gasteiger partial charge is 0.337 e. The quantitative estimate of drug-likeness (QED) is 0.467. The van der Waals surface area contributed by atoms with Crippen molar-refractivity contribution in [2.75, 3.05) is 31.2 Å². The van der Waals surface area contributed by atoms with E-state index in [2.05, 4.69) is 4.90 Å². The van der Waals surface area contributed by atoms with Gasteiger partial charge in [0.05, 0.1) is 16.8 Å². The van der Waals surface area contributed by atoms with Crippen LogP contribution in [0.5, 0.6) is 0 Å². The molecular weight excluding hydrogens is 491 g/mol. The van der Waals surface area contributed by atoms with Crippen LogP contribution in [0.1, 0.15) is 50.1 Å². The number of likely N-dealkylation sites (tertiary alicyclic amines) is 2. The highest BCUT2D eigenvalue weighted by molar-refractivity contribution is 6.40. The SMILES string of the molecule is O=C(C1=NN(c2ccc(Cl)cc2Cl)C(c2ccc(Cl)cc2)C1)N1CCC(N2CCCCC2)CC1. The third-order valence-electron chi connectivity index (χ3n) is 7.23. The molecule has 2 aromatic rings. The summed E-state index contributed by atoms with van der Waals surface area (Å²) in [4.78, 5) is 18.1. The summed E-state index contributed by atoms with van der Waals surface area (Å²) in [5.74, 6) is 0.0312. The van der Waals surface area contributed by atoms with E-state index in [-0.39, 0.29) is 11.9 Å². The highest BCUT2D eigenvalue weighted by Gasteiger charge is 2.36. The fraction of sp³-hybridized carbons (Fsp3) is 0.462. The number of piperidine rings is 2. The van der Waals surface area contributed by atoms with Crippen LogP contribution in [-0.2, 0) is 4.79 Å². The number of carbonyl (C=O) groups excluding carboxylic acids is 1. The molecule has 34 heavy (non-hydrogen) atoms. The van der Waals surface area contributed by atoms with Gasteiger partial charge in [-0.1, -0.05) is 53.4 Å². The minimum absolute atomic E-state index is 0.0312. The van der Waals surface area contributed by atoms with Crippen LogP contribution in [0.2, 0.25) is 15.1 Å². The molecule has 1 amide bonds. The second kappa shape index (κ2) is 10.4. The Bertz CT molecular complexity index is 1060. The number of benzene rings is 2. The highest BCUT2D eigenvalue weighted by Crippen LogP contribution is 2.40. The summed E-state index contributed by atoms with van der Waals surface area (Å²) >= 11 is 18.8. The number of hydrogen-bond donors (Lipinski definition) is 0. The van der Waals surface area contributed by atoms with E-state index in [0.29, 0.717) is 33.2 Å². The summed E-state index contributed by atoms with van der Waals surface area (Å²) < 4.78 is 0. The number of nitrogens with zero attached hydrogens (tertiary/aromatic N) is 4. The van der Waals surface area contributed by atoms with Crippen molar-refractivity contribution in [2.24, 2.45) is 5.10 Å². The predicted molar refractivity (Wildman–Crippen MR) is 140 cm³/mol. The van der Waals surface area contributed by atoms with Crippen LogP contribution in [0.25, 0.3) is 0 Å². The maximum Gasteiger partial charge on any atom is 0.270 e. The number of rotatable bonds is 4. The summed E-state index contributed by atoms with van der Waals surface area (Å²) in [5.41, 5.74) is 2.34. The molecule has 0 N–H and O–H groups in total. The van der Waals surface area contributed by atoms with Crippen molar-refractivity contribution in [1.29, 1.82) is 0 Å². The third-order valence-corrected chi connectivity index (χ3v) is 8.02. The van der Waals surface area contributed by atoms with E-state index in [4.69, 9.17) is 39.9 Å². The Labute approximate surface area is 216 Å². The Morgan fingerprint density at radius 1 is 0.853 bits per heavy atom. The van der Waals surface area contributed by atoms with Crippen LogP contribution >= 0.6 is 34.8 Å². The normalized spacial score (nSPS) is 22.2. The Morgan fingerprint density at radius 2 is 1.53 bits per heavy atom. The Hall–Kier alpha value is -1.79. The molecule has 2 saturated heterocycles. The van der Waals surface area contributed by atoms with Crippen LogP contribution in [0.3, 0.4) is 0 Å². The molecule has 0 aromatic heterocycles. The van der Waals surface area contributed by atoms with Crippen molar-refractivity contribution < 1.29 is 4.79 Å². The molecule has 2 fully saturated rings. The van der Waals surface area contributed by atoms with Crippen molar-refractivity contribution in [3.8, 4) is 0 Å². The van der Waals surface area contributed by atoms with Gasteiger partial charge in [-0.3, -0.25) is 9.80 Å². The van der Waals surface area contributed by atoms with E-state index < -0.39 is 0 Å². The molecule has 0 radical (unpaired) electrons. The molecule has 3 aliphatic heterocycles. The number of hydrazone groups is 1. The molecule has 0 bridgehead atoms. The van der Waals surface area contributed by atoms with Crippen molar-refractivity contribution in [2.45, 2.75) is 50.6 Å². The first kappa shape index (κ1) is 23.9. The van der Waals surface area contributed by atoms with Crippen LogP contribution in [-0.4, -0.2) is 53.6 Å².